The Labute approximate surface area is 109 Å². The molecule has 0 saturated heterocycles. The maximum absolute atomic E-state index is 4.42. The van der Waals surface area contributed by atoms with Crippen molar-refractivity contribution in [2.75, 3.05) is 17.3 Å². The first kappa shape index (κ1) is 12.3. The smallest absolute Gasteiger partial charge is 0.203 e. The molecule has 0 atom stereocenters. The number of aromatic nitrogens is 4. The maximum atomic E-state index is 4.42. The van der Waals surface area contributed by atoms with Gasteiger partial charge in [0.2, 0.25) is 5.65 Å². The first-order valence-corrected chi connectivity index (χ1v) is 6.55. The summed E-state index contributed by atoms with van der Waals surface area (Å²) in [7, 11) is 2.02. The van der Waals surface area contributed by atoms with Crippen LogP contribution in [0.25, 0.3) is 5.65 Å². The zero-order valence-corrected chi connectivity index (χ0v) is 12.1. The highest BCUT2D eigenvalue weighted by Gasteiger charge is 2.25. The van der Waals surface area contributed by atoms with E-state index in [2.05, 4.69) is 49.9 Å². The molecule has 92 valence electrons. The summed E-state index contributed by atoms with van der Waals surface area (Å²) >= 11 is 3.53. The lowest BCUT2D eigenvalue weighted by molar-refractivity contribution is 0.547. The number of hydrogen-bond acceptors (Lipinski definition) is 4. The minimum atomic E-state index is -0.0330. The van der Waals surface area contributed by atoms with Gasteiger partial charge in [-0.05, 0) is 20.8 Å². The van der Waals surface area contributed by atoms with E-state index in [0.29, 0.717) is 0 Å². The number of rotatable bonds is 3. The summed E-state index contributed by atoms with van der Waals surface area (Å²) in [4.78, 5) is 6.53. The lowest BCUT2D eigenvalue weighted by Crippen LogP contribution is -2.43. The van der Waals surface area contributed by atoms with Crippen LogP contribution in [0.15, 0.2) is 12.4 Å². The molecule has 0 saturated carbocycles. The number of aryl methyl sites for hydroxylation is 1. The topological polar surface area (TPSA) is 46.3 Å². The van der Waals surface area contributed by atoms with E-state index < -0.39 is 0 Å². The molecule has 0 aliphatic carbocycles. The van der Waals surface area contributed by atoms with E-state index in [-0.39, 0.29) is 5.54 Å². The van der Waals surface area contributed by atoms with Gasteiger partial charge in [0.05, 0.1) is 0 Å². The van der Waals surface area contributed by atoms with Gasteiger partial charge in [-0.25, -0.2) is 4.98 Å². The lowest BCUT2D eigenvalue weighted by Gasteiger charge is -2.34. The minimum absolute atomic E-state index is 0.0330. The molecule has 0 aliphatic rings. The summed E-state index contributed by atoms with van der Waals surface area (Å²) in [6, 6.07) is 0. The Balaban J connectivity index is 2.56. The van der Waals surface area contributed by atoms with Crippen molar-refractivity contribution >= 4 is 27.4 Å². The molecule has 0 fully saturated rings. The molecule has 0 bridgehead atoms. The van der Waals surface area contributed by atoms with Gasteiger partial charge in [0.1, 0.15) is 5.82 Å². The second-order valence-electron chi connectivity index (χ2n) is 4.70. The first-order chi connectivity index (χ1) is 7.97. The minimum Gasteiger partial charge on any atom is -0.351 e. The zero-order chi connectivity index (χ0) is 12.6. The Morgan fingerprint density at radius 2 is 2.12 bits per heavy atom. The van der Waals surface area contributed by atoms with Gasteiger partial charge < -0.3 is 4.90 Å². The fraction of sp³-hybridized carbons (Fsp3) is 0.545. The highest BCUT2D eigenvalue weighted by molar-refractivity contribution is 9.09. The summed E-state index contributed by atoms with van der Waals surface area (Å²) in [5.41, 5.74) is 0.760. The van der Waals surface area contributed by atoms with Gasteiger partial charge in [-0.2, -0.15) is 0 Å². The van der Waals surface area contributed by atoms with Crippen LogP contribution in [-0.4, -0.2) is 37.5 Å². The largest absolute Gasteiger partial charge is 0.351 e. The SMILES string of the molecule is Cc1nnc2c(N(C)C(C)(C)CBr)nccn12. The van der Waals surface area contributed by atoms with Crippen molar-refractivity contribution in [1.29, 1.82) is 0 Å². The predicted molar refractivity (Wildman–Crippen MR) is 71.8 cm³/mol. The zero-order valence-electron chi connectivity index (χ0n) is 10.5. The average Bonchev–Trinajstić information content (AvgIpc) is 2.70. The molecule has 0 unspecified atom stereocenters. The fourth-order valence-corrected chi connectivity index (χ4v) is 1.92. The van der Waals surface area contributed by atoms with Gasteiger partial charge in [-0.3, -0.25) is 4.40 Å². The van der Waals surface area contributed by atoms with Crippen LogP contribution in [-0.2, 0) is 0 Å². The first-order valence-electron chi connectivity index (χ1n) is 5.43. The second kappa shape index (κ2) is 4.25. The molecule has 2 aromatic rings. The second-order valence-corrected chi connectivity index (χ2v) is 5.26. The van der Waals surface area contributed by atoms with Crippen LogP contribution in [0.5, 0.6) is 0 Å². The van der Waals surface area contributed by atoms with Crippen molar-refractivity contribution in [1.82, 2.24) is 19.6 Å². The molecule has 2 rings (SSSR count). The summed E-state index contributed by atoms with van der Waals surface area (Å²) in [5.74, 6) is 1.71. The standard InChI is InChI=1S/C11H16BrN5/c1-8-14-15-10-9(13-5-6-17(8)10)16(4)11(2,3)7-12/h5-6H,7H2,1-4H3. The van der Waals surface area contributed by atoms with E-state index >= 15 is 0 Å². The van der Waals surface area contributed by atoms with E-state index in [1.807, 2.05) is 24.6 Å². The van der Waals surface area contributed by atoms with Gasteiger partial charge in [0, 0.05) is 30.3 Å². The van der Waals surface area contributed by atoms with Crippen molar-refractivity contribution in [3.05, 3.63) is 18.2 Å². The number of anilines is 1. The van der Waals surface area contributed by atoms with E-state index in [4.69, 9.17) is 0 Å². The summed E-state index contributed by atoms with van der Waals surface area (Å²) in [6.07, 6.45) is 3.66. The van der Waals surface area contributed by atoms with Crippen LogP contribution in [0, 0.1) is 6.92 Å². The van der Waals surface area contributed by atoms with Crippen LogP contribution in [0.2, 0.25) is 0 Å². The van der Waals surface area contributed by atoms with Crippen molar-refractivity contribution in [2.45, 2.75) is 26.3 Å². The van der Waals surface area contributed by atoms with Gasteiger partial charge >= 0.3 is 0 Å². The average molecular weight is 298 g/mol. The molecule has 0 amide bonds. The Morgan fingerprint density at radius 3 is 2.76 bits per heavy atom. The number of halogens is 1. The summed E-state index contributed by atoms with van der Waals surface area (Å²) < 4.78 is 1.95. The van der Waals surface area contributed by atoms with E-state index in [9.17, 15) is 0 Å². The van der Waals surface area contributed by atoms with Crippen LogP contribution < -0.4 is 4.90 Å². The maximum Gasteiger partial charge on any atom is 0.203 e. The van der Waals surface area contributed by atoms with E-state index in [0.717, 1.165) is 22.6 Å². The molecular weight excluding hydrogens is 282 g/mol. The highest BCUT2D eigenvalue weighted by Crippen LogP contribution is 2.24. The molecule has 0 radical (unpaired) electrons. The van der Waals surface area contributed by atoms with Crippen molar-refractivity contribution in [3.8, 4) is 0 Å². The molecule has 17 heavy (non-hydrogen) atoms. The van der Waals surface area contributed by atoms with Crippen LogP contribution in [0.1, 0.15) is 19.7 Å². The molecule has 2 heterocycles. The van der Waals surface area contributed by atoms with Crippen molar-refractivity contribution < 1.29 is 0 Å². The van der Waals surface area contributed by atoms with Gasteiger partial charge in [0.25, 0.3) is 0 Å². The number of nitrogens with zero attached hydrogens (tertiary/aromatic N) is 5. The normalized spacial score (nSPS) is 12.1. The third kappa shape index (κ3) is 2.01. The molecule has 2 aromatic heterocycles. The molecular formula is C11H16BrN5. The van der Waals surface area contributed by atoms with Crippen molar-refractivity contribution in [3.63, 3.8) is 0 Å². The monoisotopic (exact) mass is 297 g/mol. The molecule has 0 N–H and O–H groups in total. The van der Waals surface area contributed by atoms with Crippen molar-refractivity contribution in [2.24, 2.45) is 0 Å². The van der Waals surface area contributed by atoms with E-state index in [1.165, 1.54) is 0 Å². The van der Waals surface area contributed by atoms with E-state index in [1.54, 1.807) is 6.20 Å². The fourth-order valence-electron chi connectivity index (χ4n) is 1.54. The number of fused-ring (bicyclic) bond motifs is 1. The van der Waals surface area contributed by atoms with Gasteiger partial charge in [-0.15, -0.1) is 10.2 Å². The summed E-state index contributed by atoms with van der Waals surface area (Å²) in [5, 5.41) is 9.12. The molecule has 0 aromatic carbocycles. The number of hydrogen-bond donors (Lipinski definition) is 0. The van der Waals surface area contributed by atoms with Crippen LogP contribution >= 0.6 is 15.9 Å². The summed E-state index contributed by atoms with van der Waals surface area (Å²) in [6.45, 7) is 6.23. The lowest BCUT2D eigenvalue weighted by atomic mass is 10.1. The Kier molecular flexibility index (Phi) is 3.07. The Hall–Kier alpha value is -1.17. The molecule has 0 spiro atoms. The quantitative estimate of drug-likeness (QED) is 0.814. The third-order valence-corrected chi connectivity index (χ3v) is 4.40. The highest BCUT2D eigenvalue weighted by atomic mass is 79.9. The Bertz CT molecular complexity index is 534. The molecule has 6 heteroatoms. The molecule has 5 nitrogen and oxygen atoms in total. The van der Waals surface area contributed by atoms with Crippen LogP contribution in [0.3, 0.4) is 0 Å². The van der Waals surface area contributed by atoms with Crippen LogP contribution in [0.4, 0.5) is 5.82 Å². The predicted octanol–water partition coefficient (Wildman–Crippen LogP) is 2.04. The third-order valence-electron chi connectivity index (χ3n) is 3.03. The van der Waals surface area contributed by atoms with Gasteiger partial charge in [-0.1, -0.05) is 15.9 Å². The number of alkyl halides is 1. The van der Waals surface area contributed by atoms with Gasteiger partial charge in [0.15, 0.2) is 5.82 Å². The Morgan fingerprint density at radius 1 is 1.41 bits per heavy atom. The molecule has 0 aliphatic heterocycles.